The van der Waals surface area contributed by atoms with Gasteiger partial charge in [0, 0.05) is 0 Å². The lowest BCUT2D eigenvalue weighted by Gasteiger charge is -2.09. The molecule has 0 aliphatic rings. The molecule has 0 aliphatic carbocycles. The number of benzene rings is 1. The van der Waals surface area contributed by atoms with Crippen LogP contribution in [0.25, 0.3) is 0 Å². The second-order valence-corrected chi connectivity index (χ2v) is 5.23. The van der Waals surface area contributed by atoms with Crippen molar-refractivity contribution in [2.24, 2.45) is 0 Å². The Kier molecular flexibility index (Phi) is 7.92. The highest BCUT2D eigenvalue weighted by atomic mass is 35.5. The summed E-state index contributed by atoms with van der Waals surface area (Å²) in [7, 11) is 0. The Hall–Kier alpha value is -0.730. The van der Waals surface area contributed by atoms with Gasteiger partial charge >= 0.3 is 0 Å². The van der Waals surface area contributed by atoms with Crippen LogP contribution in [0.3, 0.4) is 0 Å². The van der Waals surface area contributed by atoms with E-state index in [1.807, 2.05) is 0 Å². The van der Waals surface area contributed by atoms with Crippen molar-refractivity contribution in [3.05, 3.63) is 28.8 Å². The van der Waals surface area contributed by atoms with Crippen molar-refractivity contribution in [3.8, 4) is 5.75 Å². The highest BCUT2D eigenvalue weighted by molar-refractivity contribution is 6.68. The van der Waals surface area contributed by atoms with Gasteiger partial charge in [-0.25, -0.2) is 0 Å². The van der Waals surface area contributed by atoms with E-state index >= 15 is 0 Å². The largest absolute Gasteiger partial charge is 0.492 e. The van der Waals surface area contributed by atoms with Crippen molar-refractivity contribution in [2.45, 2.75) is 45.4 Å². The van der Waals surface area contributed by atoms with E-state index in [1.165, 1.54) is 25.7 Å². The molecule has 106 valence electrons. The third kappa shape index (κ3) is 5.84. The van der Waals surface area contributed by atoms with Gasteiger partial charge in [0.05, 0.1) is 17.2 Å². The summed E-state index contributed by atoms with van der Waals surface area (Å²) in [5, 5.41) is -0.261. The monoisotopic (exact) mass is 302 g/mol. The number of ether oxygens (including phenoxy) is 1. The number of carbonyl (C=O) groups excluding carboxylic acids is 1. The van der Waals surface area contributed by atoms with Crippen molar-refractivity contribution < 1.29 is 9.53 Å². The Morgan fingerprint density at radius 2 is 1.84 bits per heavy atom. The van der Waals surface area contributed by atoms with E-state index in [0.29, 0.717) is 22.9 Å². The Bertz CT molecular complexity index is 405. The van der Waals surface area contributed by atoms with Crippen LogP contribution in [-0.4, -0.2) is 11.8 Å². The first-order valence-corrected chi connectivity index (χ1v) is 7.53. The van der Waals surface area contributed by atoms with Gasteiger partial charge in [-0.2, -0.15) is 0 Å². The molecule has 0 heterocycles. The highest BCUT2D eigenvalue weighted by Crippen LogP contribution is 2.29. The minimum atomic E-state index is -0.560. The summed E-state index contributed by atoms with van der Waals surface area (Å²) in [5.74, 6) is 0.529. The zero-order valence-electron chi connectivity index (χ0n) is 11.3. The molecule has 1 aromatic rings. The molecule has 19 heavy (non-hydrogen) atoms. The minimum absolute atomic E-state index is 0.295. The minimum Gasteiger partial charge on any atom is -0.492 e. The van der Waals surface area contributed by atoms with E-state index < -0.39 is 5.24 Å². The molecule has 0 radical (unpaired) electrons. The Labute approximate surface area is 125 Å². The molecule has 0 unspecified atom stereocenters. The van der Waals surface area contributed by atoms with Gasteiger partial charge in [-0.3, -0.25) is 4.79 Å². The molecule has 1 rings (SSSR count). The SMILES string of the molecule is CCCCCCCCOc1cccc(C(=O)Cl)c1Cl. The normalized spacial score (nSPS) is 10.5. The predicted molar refractivity (Wildman–Crippen MR) is 80.5 cm³/mol. The lowest BCUT2D eigenvalue weighted by molar-refractivity contribution is 0.108. The fourth-order valence-corrected chi connectivity index (χ4v) is 2.31. The van der Waals surface area contributed by atoms with E-state index in [2.05, 4.69) is 6.92 Å². The Morgan fingerprint density at radius 3 is 2.53 bits per heavy atom. The van der Waals surface area contributed by atoms with Gasteiger partial charge in [-0.05, 0) is 30.2 Å². The second kappa shape index (κ2) is 9.22. The van der Waals surface area contributed by atoms with E-state index in [9.17, 15) is 4.79 Å². The van der Waals surface area contributed by atoms with Crippen LogP contribution in [0, 0.1) is 0 Å². The van der Waals surface area contributed by atoms with E-state index in [0.717, 1.165) is 12.8 Å². The van der Waals surface area contributed by atoms with Gasteiger partial charge in [0.2, 0.25) is 0 Å². The number of rotatable bonds is 9. The third-order valence-electron chi connectivity index (χ3n) is 2.93. The fraction of sp³-hybridized carbons (Fsp3) is 0.533. The van der Waals surface area contributed by atoms with Crippen molar-refractivity contribution in [1.29, 1.82) is 0 Å². The topological polar surface area (TPSA) is 26.3 Å². The van der Waals surface area contributed by atoms with Gasteiger partial charge in [0.15, 0.2) is 0 Å². The lowest BCUT2D eigenvalue weighted by Crippen LogP contribution is -2.00. The van der Waals surface area contributed by atoms with Crippen molar-refractivity contribution >= 4 is 28.4 Å². The highest BCUT2D eigenvalue weighted by Gasteiger charge is 2.11. The molecule has 4 heteroatoms. The summed E-state index contributed by atoms with van der Waals surface area (Å²) < 4.78 is 5.59. The summed E-state index contributed by atoms with van der Waals surface area (Å²) in [6.45, 7) is 2.82. The van der Waals surface area contributed by atoms with Gasteiger partial charge in [0.25, 0.3) is 5.24 Å². The zero-order valence-corrected chi connectivity index (χ0v) is 12.8. The van der Waals surface area contributed by atoms with Crippen molar-refractivity contribution in [3.63, 3.8) is 0 Å². The molecule has 0 spiro atoms. The Morgan fingerprint density at radius 1 is 1.16 bits per heavy atom. The van der Waals surface area contributed by atoms with Crippen LogP contribution < -0.4 is 4.74 Å². The zero-order chi connectivity index (χ0) is 14.1. The first-order chi connectivity index (χ1) is 9.16. The smallest absolute Gasteiger partial charge is 0.254 e. The van der Waals surface area contributed by atoms with E-state index in [4.69, 9.17) is 27.9 Å². The van der Waals surface area contributed by atoms with Crippen molar-refractivity contribution in [1.82, 2.24) is 0 Å². The molecule has 0 bridgehead atoms. The molecule has 0 amide bonds. The molecular weight excluding hydrogens is 283 g/mol. The number of carbonyl (C=O) groups is 1. The quantitative estimate of drug-likeness (QED) is 0.447. The molecular formula is C15H20Cl2O2. The predicted octanol–water partition coefficient (Wildman–Crippen LogP) is 5.46. The van der Waals surface area contributed by atoms with Crippen LogP contribution >= 0.6 is 23.2 Å². The maximum absolute atomic E-state index is 11.1. The fourth-order valence-electron chi connectivity index (χ4n) is 1.84. The summed E-state index contributed by atoms with van der Waals surface area (Å²) in [6, 6.07) is 5.07. The summed E-state index contributed by atoms with van der Waals surface area (Å²) >= 11 is 11.5. The number of halogens is 2. The number of hydrogen-bond donors (Lipinski definition) is 0. The van der Waals surface area contributed by atoms with Crippen LogP contribution in [-0.2, 0) is 0 Å². The average Bonchev–Trinajstić information content (AvgIpc) is 2.39. The molecule has 0 atom stereocenters. The molecule has 2 nitrogen and oxygen atoms in total. The third-order valence-corrected chi connectivity index (χ3v) is 3.52. The van der Waals surface area contributed by atoms with E-state index in [1.54, 1.807) is 18.2 Å². The molecule has 0 aromatic heterocycles. The van der Waals surface area contributed by atoms with Gasteiger partial charge in [-0.15, -0.1) is 0 Å². The molecule has 0 fully saturated rings. The summed E-state index contributed by atoms with van der Waals surface area (Å²) in [5.41, 5.74) is 0.295. The molecule has 0 N–H and O–H groups in total. The average molecular weight is 303 g/mol. The van der Waals surface area contributed by atoms with Crippen LogP contribution in [0.2, 0.25) is 5.02 Å². The standard InChI is InChI=1S/C15H20Cl2O2/c1-2-3-4-5-6-7-11-19-13-10-8-9-12(14(13)16)15(17)18/h8-10H,2-7,11H2,1H3. The van der Waals surface area contributed by atoms with Crippen LogP contribution in [0.4, 0.5) is 0 Å². The first kappa shape index (κ1) is 16.3. The van der Waals surface area contributed by atoms with Gasteiger partial charge in [0.1, 0.15) is 5.75 Å². The molecule has 0 saturated heterocycles. The maximum Gasteiger partial charge on any atom is 0.254 e. The number of unbranched alkanes of at least 4 members (excludes halogenated alkanes) is 5. The van der Waals surface area contributed by atoms with E-state index in [-0.39, 0.29) is 0 Å². The molecule has 0 aliphatic heterocycles. The Balaban J connectivity index is 2.33. The first-order valence-electron chi connectivity index (χ1n) is 6.78. The lowest BCUT2D eigenvalue weighted by atomic mass is 10.1. The molecule has 1 aromatic carbocycles. The van der Waals surface area contributed by atoms with Gasteiger partial charge < -0.3 is 4.74 Å². The van der Waals surface area contributed by atoms with Crippen LogP contribution in [0.5, 0.6) is 5.75 Å². The second-order valence-electron chi connectivity index (χ2n) is 4.51. The van der Waals surface area contributed by atoms with Crippen LogP contribution in [0.15, 0.2) is 18.2 Å². The van der Waals surface area contributed by atoms with Crippen molar-refractivity contribution in [2.75, 3.05) is 6.61 Å². The summed E-state index contributed by atoms with van der Waals surface area (Å²) in [4.78, 5) is 11.1. The summed E-state index contributed by atoms with van der Waals surface area (Å²) in [6.07, 6.45) is 7.24. The van der Waals surface area contributed by atoms with Crippen LogP contribution in [0.1, 0.15) is 55.8 Å². The molecule has 0 saturated carbocycles. The number of hydrogen-bond acceptors (Lipinski definition) is 2. The van der Waals surface area contributed by atoms with Gasteiger partial charge in [-0.1, -0.05) is 56.7 Å². The maximum atomic E-state index is 11.1.